The third kappa shape index (κ3) is 3.71. The second-order valence-corrected chi connectivity index (χ2v) is 4.58. The van der Waals surface area contributed by atoms with Crippen LogP contribution in [0.1, 0.15) is 6.42 Å². The number of urea groups is 1. The molecule has 2 heterocycles. The van der Waals surface area contributed by atoms with Gasteiger partial charge < -0.3 is 19.5 Å². The third-order valence-corrected chi connectivity index (χ3v) is 3.02. The largest absolute Gasteiger partial charge is 0.481 e. The van der Waals surface area contributed by atoms with Gasteiger partial charge in [0.25, 0.3) is 0 Å². The first-order valence-electron chi connectivity index (χ1n) is 6.26. The highest BCUT2D eigenvalue weighted by Crippen LogP contribution is 2.21. The van der Waals surface area contributed by atoms with E-state index in [1.807, 2.05) is 0 Å². The van der Waals surface area contributed by atoms with Crippen molar-refractivity contribution in [3.8, 4) is 11.8 Å². The molecule has 1 aliphatic heterocycles. The summed E-state index contributed by atoms with van der Waals surface area (Å²) in [6.45, 7) is 0.804. The number of carbonyl (C=O) groups is 2. The van der Waals surface area contributed by atoms with E-state index in [2.05, 4.69) is 15.3 Å². The molecule has 2 amide bonds. The van der Waals surface area contributed by atoms with E-state index in [4.69, 9.17) is 14.6 Å². The van der Waals surface area contributed by atoms with Crippen molar-refractivity contribution in [2.24, 2.45) is 5.92 Å². The Balaban J connectivity index is 1.93. The van der Waals surface area contributed by atoms with Crippen LogP contribution in [0.15, 0.2) is 6.07 Å². The summed E-state index contributed by atoms with van der Waals surface area (Å²) in [5.41, 5.74) is 0. The van der Waals surface area contributed by atoms with Crippen molar-refractivity contribution in [1.29, 1.82) is 0 Å². The molecule has 0 aromatic carbocycles. The van der Waals surface area contributed by atoms with Gasteiger partial charge in [-0.15, -0.1) is 0 Å². The standard InChI is InChI=1S/C12H16N4O5/c1-20-8-4-9(21-2)14-11(13-8)15-12(19)16-5-7(6-16)3-10(17)18/h4,7H,3,5-6H2,1-2H3,(H,17,18)(H,13,14,15,19). The van der Waals surface area contributed by atoms with Crippen molar-refractivity contribution in [3.63, 3.8) is 0 Å². The van der Waals surface area contributed by atoms with Crippen molar-refractivity contribution in [2.45, 2.75) is 6.42 Å². The van der Waals surface area contributed by atoms with Crippen molar-refractivity contribution in [2.75, 3.05) is 32.6 Å². The lowest BCUT2D eigenvalue weighted by atomic mass is 9.97. The minimum Gasteiger partial charge on any atom is -0.481 e. The van der Waals surface area contributed by atoms with E-state index in [0.717, 1.165) is 0 Å². The maximum absolute atomic E-state index is 11.9. The number of anilines is 1. The monoisotopic (exact) mass is 296 g/mol. The van der Waals surface area contributed by atoms with E-state index in [0.29, 0.717) is 13.1 Å². The van der Waals surface area contributed by atoms with Crippen LogP contribution < -0.4 is 14.8 Å². The average Bonchev–Trinajstić information content (AvgIpc) is 2.41. The molecular weight excluding hydrogens is 280 g/mol. The molecule has 1 aromatic heterocycles. The van der Waals surface area contributed by atoms with Gasteiger partial charge in [-0.05, 0) is 0 Å². The van der Waals surface area contributed by atoms with Gasteiger partial charge in [-0.25, -0.2) is 4.79 Å². The lowest BCUT2D eigenvalue weighted by molar-refractivity contribution is -0.139. The minimum absolute atomic E-state index is 0.00554. The summed E-state index contributed by atoms with van der Waals surface area (Å²) in [6.07, 6.45) is 0.0628. The van der Waals surface area contributed by atoms with Crippen LogP contribution in [0.5, 0.6) is 11.8 Å². The molecule has 9 nitrogen and oxygen atoms in total. The zero-order valence-corrected chi connectivity index (χ0v) is 11.7. The van der Waals surface area contributed by atoms with E-state index in [1.54, 1.807) is 0 Å². The lowest BCUT2D eigenvalue weighted by Gasteiger charge is -2.38. The number of hydrogen-bond donors (Lipinski definition) is 2. The number of nitrogens with one attached hydrogen (secondary N) is 1. The summed E-state index contributed by atoms with van der Waals surface area (Å²) >= 11 is 0. The van der Waals surface area contributed by atoms with Gasteiger partial charge in [-0.1, -0.05) is 0 Å². The molecule has 0 bridgehead atoms. The first-order chi connectivity index (χ1) is 10.0. The SMILES string of the molecule is COc1cc(OC)nc(NC(=O)N2CC(CC(=O)O)C2)n1. The molecule has 1 aliphatic rings. The summed E-state index contributed by atoms with van der Waals surface area (Å²) in [4.78, 5) is 31.9. The highest BCUT2D eigenvalue weighted by atomic mass is 16.5. The zero-order chi connectivity index (χ0) is 15.4. The number of carbonyl (C=O) groups excluding carboxylic acids is 1. The number of aromatic nitrogens is 2. The van der Waals surface area contributed by atoms with Gasteiger partial charge in [0.05, 0.1) is 26.7 Å². The van der Waals surface area contributed by atoms with Crippen molar-refractivity contribution in [3.05, 3.63) is 6.07 Å². The number of rotatable bonds is 5. The fraction of sp³-hybridized carbons (Fsp3) is 0.500. The number of hydrogen-bond acceptors (Lipinski definition) is 6. The Morgan fingerprint density at radius 3 is 2.38 bits per heavy atom. The predicted molar refractivity (Wildman–Crippen MR) is 71.5 cm³/mol. The van der Waals surface area contributed by atoms with E-state index >= 15 is 0 Å². The number of aliphatic carboxylic acids is 1. The van der Waals surface area contributed by atoms with Crippen LogP contribution in [0, 0.1) is 5.92 Å². The molecule has 2 N–H and O–H groups in total. The van der Waals surface area contributed by atoms with Crippen LogP contribution in [0.25, 0.3) is 0 Å². The summed E-state index contributed by atoms with van der Waals surface area (Å²) in [6, 6.07) is 1.11. The summed E-state index contributed by atoms with van der Waals surface area (Å²) in [5, 5.41) is 11.2. The second-order valence-electron chi connectivity index (χ2n) is 4.58. The number of ether oxygens (including phenoxy) is 2. The van der Waals surface area contributed by atoms with Crippen molar-refractivity contribution >= 4 is 17.9 Å². The van der Waals surface area contributed by atoms with E-state index < -0.39 is 5.97 Å². The average molecular weight is 296 g/mol. The first kappa shape index (κ1) is 14.8. The molecule has 0 saturated carbocycles. The highest BCUT2D eigenvalue weighted by Gasteiger charge is 2.32. The van der Waals surface area contributed by atoms with Crippen LogP contribution in [-0.2, 0) is 4.79 Å². The lowest BCUT2D eigenvalue weighted by Crippen LogP contribution is -2.52. The van der Waals surface area contributed by atoms with Gasteiger partial charge in [0, 0.05) is 19.0 Å². The molecule has 0 radical (unpaired) electrons. The highest BCUT2D eigenvalue weighted by molar-refractivity contribution is 5.88. The fourth-order valence-corrected chi connectivity index (χ4v) is 1.96. The van der Waals surface area contributed by atoms with Crippen LogP contribution in [0.4, 0.5) is 10.7 Å². The molecule has 9 heteroatoms. The molecule has 21 heavy (non-hydrogen) atoms. The Bertz CT molecular complexity index is 522. The van der Waals surface area contributed by atoms with Gasteiger partial charge >= 0.3 is 12.0 Å². The Hall–Kier alpha value is -2.58. The number of carboxylic acids is 1. The van der Waals surface area contributed by atoms with Crippen molar-refractivity contribution in [1.82, 2.24) is 14.9 Å². The second kappa shape index (κ2) is 6.25. The Morgan fingerprint density at radius 1 is 1.33 bits per heavy atom. The number of nitrogens with zero attached hydrogens (tertiary/aromatic N) is 3. The maximum Gasteiger partial charge on any atom is 0.324 e. The van der Waals surface area contributed by atoms with Gasteiger partial charge in [-0.2, -0.15) is 9.97 Å². The molecule has 0 spiro atoms. The Morgan fingerprint density at radius 2 is 1.90 bits per heavy atom. The van der Waals surface area contributed by atoms with Gasteiger partial charge in [-0.3, -0.25) is 10.1 Å². The van der Waals surface area contributed by atoms with Crippen LogP contribution in [0.3, 0.4) is 0 Å². The normalized spacial score (nSPS) is 14.3. The zero-order valence-electron chi connectivity index (χ0n) is 11.7. The number of amides is 2. The third-order valence-electron chi connectivity index (χ3n) is 3.02. The molecule has 0 atom stereocenters. The van der Waals surface area contributed by atoms with Crippen LogP contribution in [0.2, 0.25) is 0 Å². The van der Waals surface area contributed by atoms with E-state index in [1.165, 1.54) is 25.2 Å². The van der Waals surface area contributed by atoms with Gasteiger partial charge in [0.15, 0.2) is 0 Å². The molecule has 114 valence electrons. The van der Waals surface area contributed by atoms with Crippen LogP contribution in [-0.4, -0.2) is 59.3 Å². The summed E-state index contributed by atoms with van der Waals surface area (Å²) in [7, 11) is 2.89. The molecule has 0 aliphatic carbocycles. The minimum atomic E-state index is -0.860. The predicted octanol–water partition coefficient (Wildman–Crippen LogP) is 0.432. The number of methoxy groups -OCH3 is 2. The summed E-state index contributed by atoms with van der Waals surface area (Å²) < 4.78 is 9.96. The fourth-order valence-electron chi connectivity index (χ4n) is 1.96. The topological polar surface area (TPSA) is 114 Å². The molecule has 1 aromatic rings. The molecular formula is C12H16N4O5. The van der Waals surface area contributed by atoms with E-state index in [9.17, 15) is 9.59 Å². The van der Waals surface area contributed by atoms with Gasteiger partial charge in [0.1, 0.15) is 0 Å². The number of likely N-dealkylation sites (tertiary alicyclic amines) is 1. The Kier molecular flexibility index (Phi) is 4.41. The summed E-state index contributed by atoms with van der Waals surface area (Å²) in [5.74, 6) is -0.262. The van der Waals surface area contributed by atoms with Gasteiger partial charge in [0.2, 0.25) is 17.7 Å². The smallest absolute Gasteiger partial charge is 0.324 e. The molecule has 2 rings (SSSR count). The number of carboxylic acid groups (broad SMARTS) is 1. The van der Waals surface area contributed by atoms with Crippen LogP contribution >= 0.6 is 0 Å². The molecule has 0 unspecified atom stereocenters. The quantitative estimate of drug-likeness (QED) is 0.809. The first-order valence-corrected chi connectivity index (χ1v) is 6.26. The van der Waals surface area contributed by atoms with Crippen molar-refractivity contribution < 1.29 is 24.2 Å². The Labute approximate surface area is 120 Å². The maximum atomic E-state index is 11.9. The molecule has 1 saturated heterocycles. The molecule has 1 fully saturated rings. The van der Waals surface area contributed by atoms with E-state index in [-0.39, 0.29) is 36.1 Å².